The number of amides is 2. The van der Waals surface area contributed by atoms with Gasteiger partial charge in [-0.05, 0) is 37.1 Å². The van der Waals surface area contributed by atoms with E-state index in [2.05, 4.69) is 10.3 Å². The van der Waals surface area contributed by atoms with Crippen LogP contribution in [0.25, 0.3) is 10.9 Å². The van der Waals surface area contributed by atoms with Crippen LogP contribution in [-0.2, 0) is 16.6 Å². The second-order valence-electron chi connectivity index (χ2n) is 6.73. The van der Waals surface area contributed by atoms with Crippen LogP contribution in [0.2, 0.25) is 0 Å². The molecule has 0 bridgehead atoms. The lowest BCUT2D eigenvalue weighted by atomic mass is 9.98. The van der Waals surface area contributed by atoms with Crippen LogP contribution in [0, 0.1) is 6.92 Å². The summed E-state index contributed by atoms with van der Waals surface area (Å²) in [6.45, 7) is 3.76. The van der Waals surface area contributed by atoms with Crippen LogP contribution >= 0.6 is 0 Å². The molecule has 6 heteroatoms. The summed E-state index contributed by atoms with van der Waals surface area (Å²) in [7, 11) is 1.97. The number of nitrogens with zero attached hydrogens (tertiary/aromatic N) is 3. The normalized spacial score (nSPS) is 14.9. The molecular formula is C20H20N4O2. The van der Waals surface area contributed by atoms with Gasteiger partial charge in [-0.25, -0.2) is 4.98 Å². The quantitative estimate of drug-likeness (QED) is 0.774. The average molecular weight is 348 g/mol. The monoisotopic (exact) mass is 348 g/mol. The van der Waals surface area contributed by atoms with Crippen molar-refractivity contribution in [2.24, 2.45) is 7.05 Å². The minimum atomic E-state index is -0.387. The number of hydrogen-bond acceptors (Lipinski definition) is 3. The predicted molar refractivity (Wildman–Crippen MR) is 101 cm³/mol. The number of pyridine rings is 1. The number of para-hydroxylation sites is 1. The number of aromatic nitrogens is 2. The van der Waals surface area contributed by atoms with Gasteiger partial charge in [-0.15, -0.1) is 0 Å². The van der Waals surface area contributed by atoms with Gasteiger partial charge in [-0.2, -0.15) is 0 Å². The Morgan fingerprint density at radius 1 is 1.27 bits per heavy atom. The summed E-state index contributed by atoms with van der Waals surface area (Å²) in [6, 6.07) is 9.83. The molecule has 1 aliphatic heterocycles. The van der Waals surface area contributed by atoms with Crippen molar-refractivity contribution in [3.8, 4) is 0 Å². The number of benzene rings is 1. The van der Waals surface area contributed by atoms with E-state index in [1.807, 2.05) is 62.0 Å². The first kappa shape index (κ1) is 16.3. The highest BCUT2D eigenvalue weighted by Crippen LogP contribution is 2.34. The smallest absolute Gasteiger partial charge is 0.244 e. The summed E-state index contributed by atoms with van der Waals surface area (Å²) in [5.74, 6) is -0.202. The topological polar surface area (TPSA) is 67.2 Å². The number of hydrogen-bond donors (Lipinski definition) is 1. The van der Waals surface area contributed by atoms with Crippen LogP contribution < -0.4 is 10.2 Å². The van der Waals surface area contributed by atoms with E-state index < -0.39 is 0 Å². The fraction of sp³-hybridized carbons (Fsp3) is 0.250. The Balaban J connectivity index is 1.76. The van der Waals surface area contributed by atoms with Gasteiger partial charge in [0.2, 0.25) is 11.8 Å². The number of carbonyl (C=O) groups excluding carboxylic acids is 2. The minimum absolute atomic E-state index is 0.0165. The lowest BCUT2D eigenvalue weighted by Crippen LogP contribution is -2.44. The Morgan fingerprint density at radius 2 is 2.04 bits per heavy atom. The van der Waals surface area contributed by atoms with Crippen molar-refractivity contribution in [3.63, 3.8) is 0 Å². The van der Waals surface area contributed by atoms with Gasteiger partial charge in [-0.3, -0.25) is 14.5 Å². The lowest BCUT2D eigenvalue weighted by Gasteiger charge is -2.30. The largest absolute Gasteiger partial charge is 0.350 e. The van der Waals surface area contributed by atoms with Crippen molar-refractivity contribution in [2.45, 2.75) is 19.8 Å². The summed E-state index contributed by atoms with van der Waals surface area (Å²) in [5.41, 5.74) is 3.53. The fourth-order valence-electron chi connectivity index (χ4n) is 3.57. The number of anilines is 2. The summed E-state index contributed by atoms with van der Waals surface area (Å²) in [6.07, 6.45) is 3.65. The highest BCUT2D eigenvalue weighted by molar-refractivity contribution is 6.11. The second kappa shape index (κ2) is 5.98. The van der Waals surface area contributed by atoms with Crippen LogP contribution in [0.15, 0.2) is 42.7 Å². The first-order chi connectivity index (χ1) is 12.5. The molecule has 6 nitrogen and oxygen atoms in total. The molecule has 1 atom stereocenters. The van der Waals surface area contributed by atoms with E-state index in [0.717, 1.165) is 22.0 Å². The first-order valence-electron chi connectivity index (χ1n) is 8.58. The van der Waals surface area contributed by atoms with Gasteiger partial charge < -0.3 is 9.88 Å². The molecule has 132 valence electrons. The van der Waals surface area contributed by atoms with E-state index in [0.29, 0.717) is 11.5 Å². The molecule has 3 heterocycles. The molecule has 2 amide bonds. The maximum absolute atomic E-state index is 13.3. The lowest BCUT2D eigenvalue weighted by molar-refractivity contribution is -0.122. The Labute approximate surface area is 151 Å². The van der Waals surface area contributed by atoms with Crippen molar-refractivity contribution >= 4 is 34.2 Å². The highest BCUT2D eigenvalue weighted by Gasteiger charge is 2.33. The van der Waals surface area contributed by atoms with Crippen LogP contribution in [0.5, 0.6) is 0 Å². The first-order valence-corrected chi connectivity index (χ1v) is 8.58. The molecular weight excluding hydrogens is 328 g/mol. The molecule has 4 rings (SSSR count). The zero-order chi connectivity index (χ0) is 18.4. The van der Waals surface area contributed by atoms with E-state index in [4.69, 9.17) is 0 Å². The molecule has 0 unspecified atom stereocenters. The molecule has 1 aromatic carbocycles. The second-order valence-corrected chi connectivity index (χ2v) is 6.73. The average Bonchev–Trinajstić information content (AvgIpc) is 2.98. The summed E-state index contributed by atoms with van der Waals surface area (Å²) < 4.78 is 2.02. The van der Waals surface area contributed by atoms with Crippen LogP contribution in [0.4, 0.5) is 11.5 Å². The van der Waals surface area contributed by atoms with Gasteiger partial charge in [-0.1, -0.05) is 18.2 Å². The Morgan fingerprint density at radius 3 is 2.85 bits per heavy atom. The zero-order valence-corrected chi connectivity index (χ0v) is 15.0. The van der Waals surface area contributed by atoms with Crippen LogP contribution in [0.1, 0.15) is 24.0 Å². The molecule has 1 aliphatic rings. The summed E-state index contributed by atoms with van der Waals surface area (Å²) in [4.78, 5) is 31.2. The van der Waals surface area contributed by atoms with Gasteiger partial charge in [0.15, 0.2) is 5.82 Å². The molecule has 26 heavy (non-hydrogen) atoms. The van der Waals surface area contributed by atoms with Crippen molar-refractivity contribution in [1.82, 2.24) is 9.55 Å². The molecule has 1 N–H and O–H groups in total. The fourth-order valence-corrected chi connectivity index (χ4v) is 3.57. The third-order valence-electron chi connectivity index (χ3n) is 4.99. The van der Waals surface area contributed by atoms with Gasteiger partial charge in [0.05, 0.1) is 11.6 Å². The number of rotatable bonds is 2. The van der Waals surface area contributed by atoms with E-state index >= 15 is 0 Å². The number of nitrogens with one attached hydrogen (secondary N) is 1. The zero-order valence-electron chi connectivity index (χ0n) is 15.0. The summed E-state index contributed by atoms with van der Waals surface area (Å²) >= 11 is 0. The van der Waals surface area contributed by atoms with Crippen molar-refractivity contribution in [3.05, 3.63) is 53.9 Å². The van der Waals surface area contributed by atoms with Crippen LogP contribution in [0.3, 0.4) is 0 Å². The Hall–Kier alpha value is -3.15. The van der Waals surface area contributed by atoms with Crippen molar-refractivity contribution < 1.29 is 9.59 Å². The molecule has 0 saturated carbocycles. The molecule has 0 radical (unpaired) electrons. The molecule has 2 aromatic heterocycles. The summed E-state index contributed by atoms with van der Waals surface area (Å²) in [5, 5.41) is 3.88. The number of carbonyl (C=O) groups is 2. The minimum Gasteiger partial charge on any atom is -0.350 e. The molecule has 0 aliphatic carbocycles. The maximum atomic E-state index is 13.3. The molecule has 0 fully saturated rings. The van der Waals surface area contributed by atoms with E-state index in [-0.39, 0.29) is 24.3 Å². The standard InChI is InChI=1S/C20H20N4O2/c1-12-8-9-21-19-18(12)22-17(25)11-24(19)20(26)13(2)15-10-23(3)16-7-5-4-6-14(15)16/h4-10,13H,11H2,1-3H3,(H,22,25)/t13-/m0/s1. The van der Waals surface area contributed by atoms with Crippen molar-refractivity contribution in [1.29, 1.82) is 0 Å². The number of fused-ring (bicyclic) bond motifs is 2. The van der Waals surface area contributed by atoms with E-state index in [1.54, 1.807) is 6.20 Å². The van der Waals surface area contributed by atoms with Crippen molar-refractivity contribution in [2.75, 3.05) is 16.8 Å². The van der Waals surface area contributed by atoms with Gasteiger partial charge in [0.25, 0.3) is 0 Å². The van der Waals surface area contributed by atoms with Gasteiger partial charge >= 0.3 is 0 Å². The molecule has 3 aromatic rings. The predicted octanol–water partition coefficient (Wildman–Crippen LogP) is 2.97. The SMILES string of the molecule is Cc1ccnc2c1NC(=O)CN2C(=O)[C@@H](C)c1cn(C)c2ccccc12. The Bertz CT molecular complexity index is 1040. The highest BCUT2D eigenvalue weighted by atomic mass is 16.2. The van der Waals surface area contributed by atoms with Gasteiger partial charge in [0.1, 0.15) is 6.54 Å². The number of aryl methyl sites for hydroxylation is 2. The maximum Gasteiger partial charge on any atom is 0.244 e. The molecule has 0 saturated heterocycles. The Kier molecular flexibility index (Phi) is 3.76. The third-order valence-corrected chi connectivity index (χ3v) is 4.99. The van der Waals surface area contributed by atoms with E-state index in [9.17, 15) is 9.59 Å². The van der Waals surface area contributed by atoms with Gasteiger partial charge in [0, 0.05) is 30.3 Å². The third kappa shape index (κ3) is 2.45. The van der Waals surface area contributed by atoms with Crippen LogP contribution in [-0.4, -0.2) is 27.9 Å². The van der Waals surface area contributed by atoms with E-state index in [1.165, 1.54) is 4.90 Å². The molecule has 0 spiro atoms.